The monoisotopic (exact) mass is 239 g/mol. The Kier molecular flexibility index (Phi) is 3.72. The van der Waals surface area contributed by atoms with E-state index in [1.807, 2.05) is 12.1 Å². The van der Waals surface area contributed by atoms with E-state index in [2.05, 4.69) is 17.9 Å². The molecule has 1 fully saturated rings. The summed E-state index contributed by atoms with van der Waals surface area (Å²) in [6.07, 6.45) is 2.57. The fourth-order valence-corrected chi connectivity index (χ4v) is 2.52. The predicted octanol–water partition coefficient (Wildman–Crippen LogP) is 3.07. The van der Waals surface area contributed by atoms with Gasteiger partial charge in [0.05, 0.1) is 6.61 Å². The topological polar surface area (TPSA) is 23.5 Å². The van der Waals surface area contributed by atoms with Crippen molar-refractivity contribution in [2.24, 2.45) is 5.92 Å². The highest BCUT2D eigenvalue weighted by atomic mass is 35.5. The van der Waals surface area contributed by atoms with E-state index in [1.165, 1.54) is 18.5 Å². The minimum Gasteiger partial charge on any atom is -0.392 e. The molecule has 3 heteroatoms. The molecule has 1 aromatic rings. The Morgan fingerprint density at radius 3 is 2.94 bits per heavy atom. The van der Waals surface area contributed by atoms with Gasteiger partial charge >= 0.3 is 0 Å². The Morgan fingerprint density at radius 2 is 2.31 bits per heavy atom. The summed E-state index contributed by atoms with van der Waals surface area (Å²) < 4.78 is 0. The summed E-state index contributed by atoms with van der Waals surface area (Å²) in [6, 6.07) is 5.93. The van der Waals surface area contributed by atoms with Crippen molar-refractivity contribution in [1.29, 1.82) is 0 Å². The number of rotatable bonds is 2. The second-order valence-corrected chi connectivity index (χ2v) is 5.03. The van der Waals surface area contributed by atoms with E-state index in [0.717, 1.165) is 24.6 Å². The number of piperidine rings is 1. The van der Waals surface area contributed by atoms with E-state index in [-0.39, 0.29) is 6.61 Å². The molecule has 1 aliphatic heterocycles. The molecule has 2 rings (SSSR count). The third kappa shape index (κ3) is 2.50. The molecule has 16 heavy (non-hydrogen) atoms. The average molecular weight is 240 g/mol. The van der Waals surface area contributed by atoms with Crippen molar-refractivity contribution in [2.75, 3.05) is 18.0 Å². The SMILES string of the molecule is CC1CCCN(c2ccc(CO)c(Cl)c2)C1. The van der Waals surface area contributed by atoms with E-state index >= 15 is 0 Å². The van der Waals surface area contributed by atoms with Gasteiger partial charge in [-0.25, -0.2) is 0 Å². The summed E-state index contributed by atoms with van der Waals surface area (Å²) >= 11 is 6.10. The fraction of sp³-hybridized carbons (Fsp3) is 0.538. The predicted molar refractivity (Wildman–Crippen MR) is 68.0 cm³/mol. The van der Waals surface area contributed by atoms with Crippen molar-refractivity contribution in [2.45, 2.75) is 26.4 Å². The standard InChI is InChI=1S/C13H18ClNO/c1-10-3-2-6-15(8-10)12-5-4-11(9-16)13(14)7-12/h4-5,7,10,16H,2-3,6,8-9H2,1H3. The first-order valence-electron chi connectivity index (χ1n) is 5.85. The van der Waals surface area contributed by atoms with E-state index in [0.29, 0.717) is 5.02 Å². The molecule has 0 radical (unpaired) electrons. The van der Waals surface area contributed by atoms with Gasteiger partial charge in [-0.3, -0.25) is 0 Å². The molecule has 0 bridgehead atoms. The number of aliphatic hydroxyl groups excluding tert-OH is 1. The molecule has 0 spiro atoms. The van der Waals surface area contributed by atoms with Crippen LogP contribution in [0.4, 0.5) is 5.69 Å². The van der Waals surface area contributed by atoms with Crippen molar-refractivity contribution in [3.8, 4) is 0 Å². The maximum Gasteiger partial charge on any atom is 0.0696 e. The number of aliphatic hydroxyl groups is 1. The van der Waals surface area contributed by atoms with Crippen LogP contribution in [-0.2, 0) is 6.61 Å². The highest BCUT2D eigenvalue weighted by Gasteiger charge is 2.17. The first-order valence-corrected chi connectivity index (χ1v) is 6.22. The van der Waals surface area contributed by atoms with Crippen molar-refractivity contribution >= 4 is 17.3 Å². The highest BCUT2D eigenvalue weighted by Crippen LogP contribution is 2.27. The summed E-state index contributed by atoms with van der Waals surface area (Å²) in [5, 5.41) is 9.73. The molecule has 1 unspecified atom stereocenters. The third-order valence-corrected chi connectivity index (χ3v) is 3.58. The van der Waals surface area contributed by atoms with E-state index in [9.17, 15) is 0 Å². The molecule has 0 aliphatic carbocycles. The van der Waals surface area contributed by atoms with Gasteiger partial charge in [0.2, 0.25) is 0 Å². The van der Waals surface area contributed by atoms with Crippen LogP contribution in [-0.4, -0.2) is 18.2 Å². The Labute approximate surface area is 102 Å². The van der Waals surface area contributed by atoms with Gasteiger partial charge in [0.15, 0.2) is 0 Å². The second-order valence-electron chi connectivity index (χ2n) is 4.63. The minimum atomic E-state index is 0.00944. The molecule has 88 valence electrons. The zero-order chi connectivity index (χ0) is 11.5. The molecule has 0 saturated carbocycles. The zero-order valence-corrected chi connectivity index (χ0v) is 10.4. The first-order chi connectivity index (χ1) is 7.70. The van der Waals surface area contributed by atoms with Gasteiger partial charge in [-0.15, -0.1) is 0 Å². The number of anilines is 1. The molecule has 1 atom stereocenters. The summed E-state index contributed by atoms with van der Waals surface area (Å²) in [7, 11) is 0. The quantitative estimate of drug-likeness (QED) is 0.858. The van der Waals surface area contributed by atoms with Gasteiger partial charge in [0.1, 0.15) is 0 Å². The molecule has 2 nitrogen and oxygen atoms in total. The largest absolute Gasteiger partial charge is 0.392 e. The van der Waals surface area contributed by atoms with Gasteiger partial charge in [-0.2, -0.15) is 0 Å². The van der Waals surface area contributed by atoms with Crippen LogP contribution in [0, 0.1) is 5.92 Å². The van der Waals surface area contributed by atoms with Crippen LogP contribution in [0.15, 0.2) is 18.2 Å². The summed E-state index contributed by atoms with van der Waals surface area (Å²) in [6.45, 7) is 4.51. The maximum absolute atomic E-state index is 9.06. The van der Waals surface area contributed by atoms with Crippen molar-refractivity contribution in [3.05, 3.63) is 28.8 Å². The van der Waals surface area contributed by atoms with Gasteiger partial charge in [0, 0.05) is 23.8 Å². The summed E-state index contributed by atoms with van der Waals surface area (Å²) in [5.41, 5.74) is 1.98. The Balaban J connectivity index is 2.17. The zero-order valence-electron chi connectivity index (χ0n) is 9.62. The lowest BCUT2D eigenvalue weighted by Gasteiger charge is -2.33. The molecule has 1 N–H and O–H groups in total. The number of hydrogen-bond acceptors (Lipinski definition) is 2. The van der Waals surface area contributed by atoms with Crippen LogP contribution in [0.3, 0.4) is 0 Å². The van der Waals surface area contributed by atoms with Gasteiger partial charge in [0.25, 0.3) is 0 Å². The van der Waals surface area contributed by atoms with Crippen LogP contribution in [0.5, 0.6) is 0 Å². The van der Waals surface area contributed by atoms with Crippen molar-refractivity contribution in [3.63, 3.8) is 0 Å². The lowest BCUT2D eigenvalue weighted by atomic mass is 9.99. The van der Waals surface area contributed by atoms with Crippen molar-refractivity contribution in [1.82, 2.24) is 0 Å². The number of hydrogen-bond donors (Lipinski definition) is 1. The number of benzene rings is 1. The molecule has 1 aromatic carbocycles. The second kappa shape index (κ2) is 5.07. The first kappa shape index (κ1) is 11.7. The average Bonchev–Trinajstić information content (AvgIpc) is 2.29. The van der Waals surface area contributed by atoms with Crippen molar-refractivity contribution < 1.29 is 5.11 Å². The van der Waals surface area contributed by atoms with Crippen LogP contribution < -0.4 is 4.90 Å². The van der Waals surface area contributed by atoms with E-state index < -0.39 is 0 Å². The molecule has 1 aliphatic rings. The lowest BCUT2D eigenvalue weighted by Crippen LogP contribution is -2.34. The highest BCUT2D eigenvalue weighted by molar-refractivity contribution is 6.31. The molecular formula is C13H18ClNO. The Morgan fingerprint density at radius 1 is 1.50 bits per heavy atom. The van der Waals surface area contributed by atoms with Crippen LogP contribution in [0.1, 0.15) is 25.3 Å². The Bertz CT molecular complexity index is 367. The molecule has 0 amide bonds. The normalized spacial score (nSPS) is 21.2. The van der Waals surface area contributed by atoms with E-state index in [4.69, 9.17) is 16.7 Å². The number of halogens is 1. The third-order valence-electron chi connectivity index (χ3n) is 3.23. The Hall–Kier alpha value is -0.730. The lowest BCUT2D eigenvalue weighted by molar-refractivity contribution is 0.282. The fourth-order valence-electron chi connectivity index (χ4n) is 2.29. The maximum atomic E-state index is 9.06. The summed E-state index contributed by atoms with van der Waals surface area (Å²) in [5.74, 6) is 0.755. The van der Waals surface area contributed by atoms with Crippen LogP contribution in [0.25, 0.3) is 0 Å². The molecular weight excluding hydrogens is 222 g/mol. The van der Waals surface area contributed by atoms with E-state index in [1.54, 1.807) is 0 Å². The molecule has 1 saturated heterocycles. The molecule has 0 aromatic heterocycles. The smallest absolute Gasteiger partial charge is 0.0696 e. The van der Waals surface area contributed by atoms with Crippen LogP contribution in [0.2, 0.25) is 5.02 Å². The van der Waals surface area contributed by atoms with Gasteiger partial charge in [-0.05, 0) is 36.5 Å². The number of nitrogens with zero attached hydrogens (tertiary/aromatic N) is 1. The molecule has 1 heterocycles. The van der Waals surface area contributed by atoms with Gasteiger partial charge < -0.3 is 10.0 Å². The summed E-state index contributed by atoms with van der Waals surface area (Å²) in [4.78, 5) is 2.38. The van der Waals surface area contributed by atoms with Gasteiger partial charge in [-0.1, -0.05) is 24.6 Å². The minimum absolute atomic E-state index is 0.00944. The van der Waals surface area contributed by atoms with Crippen LogP contribution >= 0.6 is 11.6 Å².